The quantitative estimate of drug-likeness (QED) is 0.781. The third-order valence-electron chi connectivity index (χ3n) is 4.23. The summed E-state index contributed by atoms with van der Waals surface area (Å²) in [5.41, 5.74) is -0.351. The molecule has 1 unspecified atom stereocenters. The van der Waals surface area contributed by atoms with Gasteiger partial charge in [0.05, 0.1) is 6.04 Å². The predicted molar refractivity (Wildman–Crippen MR) is 88.7 cm³/mol. The Morgan fingerprint density at radius 3 is 2.75 bits per heavy atom. The summed E-state index contributed by atoms with van der Waals surface area (Å²) in [6.45, 7) is 3.34. The van der Waals surface area contributed by atoms with Gasteiger partial charge in [-0.15, -0.1) is 0 Å². The van der Waals surface area contributed by atoms with Gasteiger partial charge in [0.2, 0.25) is 5.95 Å². The van der Waals surface area contributed by atoms with Crippen molar-refractivity contribution in [3.05, 3.63) is 56.6 Å². The molecule has 3 N–H and O–H groups in total. The SMILES string of the molecule is CC(Nc1nc(=O)n(C2CCNCC2)c(=O)[nH]1)c1cccc(F)c1. The van der Waals surface area contributed by atoms with Crippen molar-refractivity contribution in [2.45, 2.75) is 31.8 Å². The number of hydrogen-bond donors (Lipinski definition) is 3. The zero-order valence-corrected chi connectivity index (χ0v) is 13.4. The molecule has 2 heterocycles. The number of aromatic nitrogens is 3. The molecule has 24 heavy (non-hydrogen) atoms. The highest BCUT2D eigenvalue weighted by atomic mass is 19.1. The molecule has 0 amide bonds. The maximum Gasteiger partial charge on any atom is 0.355 e. The molecule has 1 aromatic heterocycles. The number of rotatable bonds is 4. The van der Waals surface area contributed by atoms with Crippen molar-refractivity contribution < 1.29 is 4.39 Å². The first-order chi connectivity index (χ1) is 11.5. The van der Waals surface area contributed by atoms with Crippen molar-refractivity contribution in [3.63, 3.8) is 0 Å². The van der Waals surface area contributed by atoms with Crippen LogP contribution < -0.4 is 22.0 Å². The largest absolute Gasteiger partial charge is 0.355 e. The van der Waals surface area contributed by atoms with Gasteiger partial charge >= 0.3 is 11.4 Å². The van der Waals surface area contributed by atoms with Crippen LogP contribution in [0.4, 0.5) is 10.3 Å². The highest BCUT2D eigenvalue weighted by Gasteiger charge is 2.20. The highest BCUT2D eigenvalue weighted by molar-refractivity contribution is 5.30. The van der Waals surface area contributed by atoms with E-state index in [-0.39, 0.29) is 23.8 Å². The van der Waals surface area contributed by atoms with Crippen LogP contribution in [0.2, 0.25) is 0 Å². The molecular weight excluding hydrogens is 313 g/mol. The maximum absolute atomic E-state index is 13.3. The van der Waals surface area contributed by atoms with Gasteiger partial charge in [-0.3, -0.25) is 4.98 Å². The zero-order valence-electron chi connectivity index (χ0n) is 13.4. The molecule has 0 saturated carbocycles. The summed E-state index contributed by atoms with van der Waals surface area (Å²) < 4.78 is 14.5. The molecule has 0 bridgehead atoms. The standard InChI is InChI=1S/C16H20FN5O2/c1-10(11-3-2-4-12(17)9-11)19-14-20-15(23)22(16(24)21-14)13-5-7-18-8-6-13/h2-4,9-10,13,18H,5-8H2,1H3,(H2,19,20,21,23,24). The fourth-order valence-electron chi connectivity index (χ4n) is 2.95. The van der Waals surface area contributed by atoms with Crippen LogP contribution in [0.25, 0.3) is 0 Å². The van der Waals surface area contributed by atoms with Gasteiger partial charge in [-0.05, 0) is 50.6 Å². The lowest BCUT2D eigenvalue weighted by atomic mass is 10.1. The fourth-order valence-corrected chi connectivity index (χ4v) is 2.95. The van der Waals surface area contributed by atoms with E-state index < -0.39 is 11.4 Å². The molecule has 1 fully saturated rings. The molecule has 1 atom stereocenters. The summed E-state index contributed by atoms with van der Waals surface area (Å²) in [7, 11) is 0. The van der Waals surface area contributed by atoms with Crippen molar-refractivity contribution in [1.29, 1.82) is 0 Å². The van der Waals surface area contributed by atoms with Crippen LogP contribution in [-0.2, 0) is 0 Å². The fraction of sp³-hybridized carbons (Fsp3) is 0.438. The Hall–Kier alpha value is -2.48. The van der Waals surface area contributed by atoms with Crippen LogP contribution >= 0.6 is 0 Å². The lowest BCUT2D eigenvalue weighted by molar-refractivity contribution is 0.345. The van der Waals surface area contributed by atoms with E-state index in [2.05, 4.69) is 20.6 Å². The first-order valence-electron chi connectivity index (χ1n) is 8.00. The first kappa shape index (κ1) is 16.4. The average Bonchev–Trinajstić information content (AvgIpc) is 2.55. The first-order valence-corrected chi connectivity index (χ1v) is 8.00. The molecule has 128 valence electrons. The molecular formula is C16H20FN5O2. The molecule has 0 aliphatic carbocycles. The van der Waals surface area contributed by atoms with Gasteiger partial charge in [-0.25, -0.2) is 18.5 Å². The maximum atomic E-state index is 13.3. The summed E-state index contributed by atoms with van der Waals surface area (Å²) in [6, 6.07) is 5.67. The second-order valence-corrected chi connectivity index (χ2v) is 5.95. The smallest absolute Gasteiger partial charge is 0.349 e. The molecule has 1 saturated heterocycles. The molecule has 1 aliphatic heterocycles. The topological polar surface area (TPSA) is 91.8 Å². The number of halogens is 1. The van der Waals surface area contributed by atoms with E-state index >= 15 is 0 Å². The third kappa shape index (κ3) is 3.53. The minimum Gasteiger partial charge on any atom is -0.349 e. The molecule has 0 spiro atoms. The lowest BCUT2D eigenvalue weighted by Crippen LogP contribution is -2.43. The van der Waals surface area contributed by atoms with E-state index in [9.17, 15) is 14.0 Å². The lowest BCUT2D eigenvalue weighted by Gasteiger charge is -2.23. The Balaban J connectivity index is 1.82. The second-order valence-electron chi connectivity index (χ2n) is 5.95. The van der Waals surface area contributed by atoms with Gasteiger partial charge in [0, 0.05) is 6.04 Å². The Kier molecular flexibility index (Phi) is 4.75. The number of anilines is 1. The van der Waals surface area contributed by atoms with Gasteiger partial charge in [0.25, 0.3) is 0 Å². The monoisotopic (exact) mass is 333 g/mol. The third-order valence-corrected chi connectivity index (χ3v) is 4.23. The van der Waals surface area contributed by atoms with E-state index in [0.717, 1.165) is 25.9 Å². The van der Waals surface area contributed by atoms with Gasteiger partial charge in [0.15, 0.2) is 0 Å². The van der Waals surface area contributed by atoms with E-state index in [0.29, 0.717) is 5.56 Å². The van der Waals surface area contributed by atoms with Crippen LogP contribution in [-0.4, -0.2) is 27.6 Å². The van der Waals surface area contributed by atoms with E-state index in [4.69, 9.17) is 0 Å². The van der Waals surface area contributed by atoms with Gasteiger partial charge in [-0.1, -0.05) is 12.1 Å². The van der Waals surface area contributed by atoms with Crippen LogP contribution in [0.15, 0.2) is 33.9 Å². The van der Waals surface area contributed by atoms with Crippen molar-refractivity contribution in [3.8, 4) is 0 Å². The molecule has 3 rings (SSSR count). The van der Waals surface area contributed by atoms with Crippen molar-refractivity contribution >= 4 is 5.95 Å². The zero-order chi connectivity index (χ0) is 17.1. The van der Waals surface area contributed by atoms with Crippen LogP contribution in [0.3, 0.4) is 0 Å². The van der Waals surface area contributed by atoms with E-state index in [1.807, 2.05) is 0 Å². The van der Waals surface area contributed by atoms with Crippen LogP contribution in [0, 0.1) is 5.82 Å². The van der Waals surface area contributed by atoms with Crippen LogP contribution in [0.5, 0.6) is 0 Å². The van der Waals surface area contributed by atoms with Gasteiger partial charge in [0.1, 0.15) is 5.82 Å². The van der Waals surface area contributed by atoms with Crippen molar-refractivity contribution in [2.75, 3.05) is 18.4 Å². The van der Waals surface area contributed by atoms with Gasteiger partial charge < -0.3 is 10.6 Å². The second kappa shape index (κ2) is 6.96. The Morgan fingerprint density at radius 1 is 1.33 bits per heavy atom. The van der Waals surface area contributed by atoms with Crippen molar-refractivity contribution in [1.82, 2.24) is 19.9 Å². The van der Waals surface area contributed by atoms with Crippen LogP contribution in [0.1, 0.15) is 37.4 Å². The predicted octanol–water partition coefficient (Wildman–Crippen LogP) is 1.17. The number of nitrogens with one attached hydrogen (secondary N) is 3. The van der Waals surface area contributed by atoms with E-state index in [1.54, 1.807) is 19.1 Å². The Labute approximate surface area is 137 Å². The molecule has 8 heteroatoms. The summed E-state index contributed by atoms with van der Waals surface area (Å²) >= 11 is 0. The molecule has 0 radical (unpaired) electrons. The van der Waals surface area contributed by atoms with E-state index in [1.165, 1.54) is 16.7 Å². The normalized spacial score (nSPS) is 16.8. The molecule has 7 nitrogen and oxygen atoms in total. The summed E-state index contributed by atoms with van der Waals surface area (Å²) in [6.07, 6.45) is 1.44. The number of nitrogens with zero attached hydrogens (tertiary/aromatic N) is 2. The number of aromatic amines is 1. The Morgan fingerprint density at radius 2 is 2.08 bits per heavy atom. The molecule has 1 aliphatic rings. The molecule has 2 aromatic rings. The van der Waals surface area contributed by atoms with Gasteiger partial charge in [-0.2, -0.15) is 4.98 Å². The average molecular weight is 333 g/mol. The number of piperidine rings is 1. The highest BCUT2D eigenvalue weighted by Crippen LogP contribution is 2.17. The minimum absolute atomic E-state index is 0.0898. The summed E-state index contributed by atoms with van der Waals surface area (Å²) in [5, 5.41) is 6.13. The minimum atomic E-state index is -0.570. The van der Waals surface area contributed by atoms with Crippen molar-refractivity contribution in [2.24, 2.45) is 0 Å². The summed E-state index contributed by atoms with van der Waals surface area (Å²) in [5.74, 6) is -0.254. The summed E-state index contributed by atoms with van der Waals surface area (Å²) in [4.78, 5) is 31.0. The number of H-pyrrole nitrogens is 1. The number of hydrogen-bond acceptors (Lipinski definition) is 5. The Bertz CT molecular complexity index is 794. The molecule has 1 aromatic carbocycles. The number of benzene rings is 1.